The number of nitrogens with one attached hydrogen (secondary N) is 1. The Labute approximate surface area is 228 Å². The maximum atomic E-state index is 13.1. The van der Waals surface area contributed by atoms with Gasteiger partial charge in [0.25, 0.3) is 0 Å². The van der Waals surface area contributed by atoms with Gasteiger partial charge in [-0.2, -0.15) is 4.68 Å². The zero-order chi connectivity index (χ0) is 27.7. The smallest absolute Gasteiger partial charge is 0.361 e. The molecular weight excluding hydrogens is 550 g/mol. The van der Waals surface area contributed by atoms with Crippen LogP contribution >= 0.6 is 23.1 Å². The first-order chi connectivity index (χ1) is 18.8. The molecule has 3 aromatic rings. The normalized spacial score (nSPS) is 20.0. The monoisotopic (exact) mass is 571 g/mol. The van der Waals surface area contributed by atoms with Gasteiger partial charge in [-0.05, 0) is 16.9 Å². The molecule has 2 amide bonds. The van der Waals surface area contributed by atoms with Gasteiger partial charge in [0.2, 0.25) is 11.8 Å². The SMILES string of the molecule is C=CCOC(=O)C1C(COC(=O)c2ncn3c(=O)n(C)nnc23)=CS[C@@H]2[C@H](NC(=O)Cc3cccs3)C(=O)N12. The molecule has 0 saturated carbocycles. The fourth-order valence-corrected chi connectivity index (χ4v) is 5.99. The first kappa shape index (κ1) is 26.3. The van der Waals surface area contributed by atoms with Gasteiger partial charge in [0.05, 0.1) is 6.42 Å². The van der Waals surface area contributed by atoms with Gasteiger partial charge >= 0.3 is 17.6 Å². The van der Waals surface area contributed by atoms with Crippen LogP contribution in [0.15, 0.2) is 52.3 Å². The molecule has 5 heterocycles. The highest BCUT2D eigenvalue weighted by molar-refractivity contribution is 8.03. The number of carbonyl (C=O) groups excluding carboxylic acids is 4. The first-order valence-electron chi connectivity index (χ1n) is 11.5. The summed E-state index contributed by atoms with van der Waals surface area (Å²) in [7, 11) is 1.40. The molecular formula is C23H21N7O7S2. The van der Waals surface area contributed by atoms with Crippen molar-refractivity contribution in [2.75, 3.05) is 13.2 Å². The summed E-state index contributed by atoms with van der Waals surface area (Å²) in [5.74, 6) is -2.41. The van der Waals surface area contributed by atoms with Crippen LogP contribution in [0.1, 0.15) is 15.4 Å². The molecule has 0 bridgehead atoms. The van der Waals surface area contributed by atoms with E-state index in [4.69, 9.17) is 9.47 Å². The highest BCUT2D eigenvalue weighted by Crippen LogP contribution is 2.40. The molecule has 1 fully saturated rings. The average Bonchev–Trinajstić information content (AvgIpc) is 3.60. The van der Waals surface area contributed by atoms with Gasteiger partial charge in [-0.3, -0.25) is 9.59 Å². The van der Waals surface area contributed by atoms with Gasteiger partial charge in [0, 0.05) is 17.5 Å². The Bertz CT molecular complexity index is 1560. The Morgan fingerprint density at radius 2 is 2.08 bits per heavy atom. The van der Waals surface area contributed by atoms with Gasteiger partial charge < -0.3 is 19.7 Å². The minimum Gasteiger partial charge on any atom is -0.460 e. The third-order valence-corrected chi connectivity index (χ3v) is 8.02. The number of aryl methyl sites for hydroxylation is 1. The maximum absolute atomic E-state index is 13.1. The molecule has 0 aromatic carbocycles. The van der Waals surface area contributed by atoms with E-state index in [2.05, 4.69) is 27.2 Å². The van der Waals surface area contributed by atoms with Crippen LogP contribution in [0.4, 0.5) is 0 Å². The van der Waals surface area contributed by atoms with Crippen molar-refractivity contribution in [3.8, 4) is 0 Å². The van der Waals surface area contributed by atoms with Crippen molar-refractivity contribution < 1.29 is 28.7 Å². The minimum absolute atomic E-state index is 0.0858. The molecule has 202 valence electrons. The van der Waals surface area contributed by atoms with Crippen molar-refractivity contribution in [2.45, 2.75) is 23.9 Å². The minimum atomic E-state index is -1.17. The van der Waals surface area contributed by atoms with E-state index in [9.17, 15) is 24.0 Å². The molecule has 5 rings (SSSR count). The fraction of sp³-hybridized carbons (Fsp3) is 0.304. The zero-order valence-electron chi connectivity index (χ0n) is 20.4. The second-order valence-electron chi connectivity index (χ2n) is 8.45. The molecule has 1 unspecified atom stereocenters. The number of imidazole rings is 1. The molecule has 0 spiro atoms. The van der Waals surface area contributed by atoms with E-state index in [0.29, 0.717) is 5.57 Å². The van der Waals surface area contributed by atoms with Crippen LogP contribution in [-0.2, 0) is 37.3 Å². The third-order valence-electron chi connectivity index (χ3n) is 5.93. The Kier molecular flexibility index (Phi) is 7.30. The predicted octanol–water partition coefficient (Wildman–Crippen LogP) is -0.334. The second kappa shape index (κ2) is 10.8. The van der Waals surface area contributed by atoms with Crippen molar-refractivity contribution in [2.24, 2.45) is 7.05 Å². The average molecular weight is 572 g/mol. The lowest BCUT2D eigenvalue weighted by atomic mass is 9.98. The van der Waals surface area contributed by atoms with Gasteiger partial charge in [-0.25, -0.2) is 23.8 Å². The van der Waals surface area contributed by atoms with E-state index >= 15 is 0 Å². The molecule has 14 nitrogen and oxygen atoms in total. The molecule has 1 N–H and O–H groups in total. The summed E-state index contributed by atoms with van der Waals surface area (Å²) in [5, 5.41) is 13.1. The number of carbonyl (C=O) groups is 4. The highest BCUT2D eigenvalue weighted by Gasteiger charge is 2.56. The van der Waals surface area contributed by atoms with Crippen LogP contribution in [0, 0.1) is 0 Å². The van der Waals surface area contributed by atoms with E-state index in [-0.39, 0.29) is 36.9 Å². The zero-order valence-corrected chi connectivity index (χ0v) is 22.0. The number of hydrogen-bond acceptors (Lipinski definition) is 12. The molecule has 16 heteroatoms. The Hall–Kier alpha value is -4.31. The third kappa shape index (κ3) is 4.95. The number of thiophene rings is 1. The second-order valence-corrected chi connectivity index (χ2v) is 10.5. The van der Waals surface area contributed by atoms with Crippen molar-refractivity contribution in [3.63, 3.8) is 0 Å². The van der Waals surface area contributed by atoms with Gasteiger partial charge in [0.1, 0.15) is 31.0 Å². The predicted molar refractivity (Wildman–Crippen MR) is 138 cm³/mol. The largest absolute Gasteiger partial charge is 0.460 e. The molecule has 39 heavy (non-hydrogen) atoms. The van der Waals surface area contributed by atoms with Crippen LogP contribution < -0.4 is 11.0 Å². The lowest BCUT2D eigenvalue weighted by molar-refractivity contribution is -0.162. The quantitative estimate of drug-likeness (QED) is 0.203. The van der Waals surface area contributed by atoms with Crippen LogP contribution in [0.3, 0.4) is 0 Å². The highest BCUT2D eigenvalue weighted by atomic mass is 32.2. The molecule has 3 atom stereocenters. The van der Waals surface area contributed by atoms with Gasteiger partial charge in [-0.15, -0.1) is 28.2 Å². The van der Waals surface area contributed by atoms with E-state index in [0.717, 1.165) is 20.3 Å². The van der Waals surface area contributed by atoms with E-state index in [1.807, 2.05) is 17.5 Å². The van der Waals surface area contributed by atoms with Crippen molar-refractivity contribution in [1.82, 2.24) is 34.6 Å². The molecule has 0 radical (unpaired) electrons. The number of hydrogen-bond donors (Lipinski definition) is 1. The van der Waals surface area contributed by atoms with E-state index in [1.165, 1.54) is 41.1 Å². The number of amides is 2. The summed E-state index contributed by atoms with van der Waals surface area (Å²) in [5.41, 5.74) is -0.583. The summed E-state index contributed by atoms with van der Waals surface area (Å²) >= 11 is 2.65. The molecule has 2 aliphatic heterocycles. The fourth-order valence-electron chi connectivity index (χ4n) is 4.07. The number of ether oxygens (including phenoxy) is 2. The first-order valence-corrected chi connectivity index (χ1v) is 13.3. The maximum Gasteiger partial charge on any atom is 0.361 e. The van der Waals surface area contributed by atoms with Crippen LogP contribution in [-0.4, -0.2) is 83.7 Å². The molecule has 3 aromatic heterocycles. The number of aromatic nitrogens is 5. The Morgan fingerprint density at radius 1 is 1.26 bits per heavy atom. The topological polar surface area (TPSA) is 167 Å². The summed E-state index contributed by atoms with van der Waals surface area (Å²) < 4.78 is 12.6. The summed E-state index contributed by atoms with van der Waals surface area (Å²) in [4.78, 5) is 69.5. The molecule has 2 aliphatic rings. The van der Waals surface area contributed by atoms with Crippen molar-refractivity contribution >= 4 is 52.5 Å². The number of esters is 2. The van der Waals surface area contributed by atoms with E-state index in [1.54, 1.807) is 5.41 Å². The molecule has 0 aliphatic carbocycles. The number of thioether (sulfide) groups is 1. The number of nitrogens with zero attached hydrogens (tertiary/aromatic N) is 6. The van der Waals surface area contributed by atoms with Gasteiger partial charge in [-0.1, -0.05) is 23.9 Å². The van der Waals surface area contributed by atoms with E-state index < -0.39 is 41.0 Å². The standard InChI is InChI=1S/C23H21N7O7S2/c1-3-6-36-22(34)17-12(9-37-21(33)15-18-26-27-28(2)23(35)29(18)11-24-15)10-39-20-16(19(32)30(17)20)25-14(31)8-13-5-4-7-38-13/h3-5,7,10-11,16-17,20H,1,6,8-9H2,2H3,(H,25,31)/t16-,17?,20-/m1/s1. The molecule has 1 saturated heterocycles. The number of fused-ring (bicyclic) bond motifs is 2. The summed E-state index contributed by atoms with van der Waals surface area (Å²) in [6, 6.07) is 1.67. The van der Waals surface area contributed by atoms with Crippen LogP contribution in [0.5, 0.6) is 0 Å². The van der Waals surface area contributed by atoms with Crippen LogP contribution in [0.2, 0.25) is 0 Å². The lowest BCUT2D eigenvalue weighted by Gasteiger charge is -2.51. The van der Waals surface area contributed by atoms with Crippen molar-refractivity contribution in [3.05, 3.63) is 68.5 Å². The van der Waals surface area contributed by atoms with Gasteiger partial charge in [0.15, 0.2) is 17.4 Å². The number of β-lactam (4-membered cyclic amide) rings is 1. The lowest BCUT2D eigenvalue weighted by Crippen LogP contribution is -2.74. The summed E-state index contributed by atoms with van der Waals surface area (Å²) in [6.07, 6.45) is 2.65. The number of rotatable bonds is 9. The van der Waals surface area contributed by atoms with Crippen molar-refractivity contribution in [1.29, 1.82) is 0 Å². The Balaban J connectivity index is 1.31. The van der Waals surface area contributed by atoms with Crippen LogP contribution in [0.25, 0.3) is 5.65 Å². The Morgan fingerprint density at radius 3 is 2.82 bits per heavy atom. The summed E-state index contributed by atoms with van der Waals surface area (Å²) in [6.45, 7) is 3.07.